The Morgan fingerprint density at radius 3 is 2.20 bits per heavy atom. The largest absolute Gasteiger partial charge is 0.326 e. The van der Waals surface area contributed by atoms with Crippen LogP contribution in [0.2, 0.25) is 5.02 Å². The quantitative estimate of drug-likeness (QED) is 0.560. The average Bonchev–Trinajstić information content (AvgIpc) is 2.73. The minimum Gasteiger partial charge on any atom is -0.308 e. The maximum atomic E-state index is 13.3. The number of para-hydroxylation sites is 1. The lowest BCUT2D eigenvalue weighted by molar-refractivity contribution is 0.257. The van der Waals surface area contributed by atoms with Gasteiger partial charge in [-0.2, -0.15) is 0 Å². The van der Waals surface area contributed by atoms with Gasteiger partial charge in [0, 0.05) is 29.5 Å². The first-order chi connectivity index (χ1) is 14.3. The molecule has 0 aromatic heterocycles. The molecule has 0 atom stereocenters. The summed E-state index contributed by atoms with van der Waals surface area (Å²) in [6.45, 7) is -0.0261. The summed E-state index contributed by atoms with van der Waals surface area (Å²) in [6, 6.07) is 19.5. The lowest BCUT2D eigenvalue weighted by Gasteiger charge is -2.23. The zero-order valence-electron chi connectivity index (χ0n) is 15.8. The monoisotopic (exact) mass is 447 g/mol. The lowest BCUT2D eigenvalue weighted by atomic mass is 10.3. The van der Waals surface area contributed by atoms with Crippen molar-refractivity contribution in [3.05, 3.63) is 89.7 Å². The number of amides is 2. The summed E-state index contributed by atoms with van der Waals surface area (Å²) in [5.41, 5.74) is 1.01. The predicted molar refractivity (Wildman–Crippen MR) is 116 cm³/mol. The van der Waals surface area contributed by atoms with Gasteiger partial charge >= 0.3 is 6.03 Å². The molecule has 0 saturated carbocycles. The maximum absolute atomic E-state index is 13.3. The molecular weight excluding hydrogens is 429 g/mol. The molecule has 30 heavy (non-hydrogen) atoms. The Hall–Kier alpha value is -2.94. The highest BCUT2D eigenvalue weighted by Gasteiger charge is 2.19. The molecule has 2 N–H and O–H groups in total. The van der Waals surface area contributed by atoms with Crippen molar-refractivity contribution in [1.82, 2.24) is 4.72 Å². The molecule has 0 bridgehead atoms. The van der Waals surface area contributed by atoms with Crippen LogP contribution in [0.1, 0.15) is 0 Å². The fourth-order valence-corrected chi connectivity index (χ4v) is 3.82. The van der Waals surface area contributed by atoms with E-state index in [4.69, 9.17) is 11.6 Å². The van der Waals surface area contributed by atoms with Crippen molar-refractivity contribution in [1.29, 1.82) is 0 Å². The Labute approximate surface area is 179 Å². The topological polar surface area (TPSA) is 78.5 Å². The average molecular weight is 448 g/mol. The molecule has 156 valence electrons. The molecule has 0 aliphatic carbocycles. The van der Waals surface area contributed by atoms with E-state index in [0.29, 0.717) is 16.4 Å². The van der Waals surface area contributed by atoms with Gasteiger partial charge < -0.3 is 5.32 Å². The van der Waals surface area contributed by atoms with Gasteiger partial charge in [0.05, 0.1) is 4.90 Å². The Morgan fingerprint density at radius 1 is 0.933 bits per heavy atom. The standard InChI is InChI=1S/C21H19ClFN3O3S/c22-16-6-12-20(13-7-16)30(28,29)24-14-15-26(19-10-8-17(23)9-11-19)21(27)25-18-4-2-1-3-5-18/h1-13,24H,14-15H2,(H,25,27). The van der Waals surface area contributed by atoms with Crippen LogP contribution in [0.15, 0.2) is 83.8 Å². The highest BCUT2D eigenvalue weighted by atomic mass is 35.5. The van der Waals surface area contributed by atoms with Crippen LogP contribution in [0, 0.1) is 5.82 Å². The van der Waals surface area contributed by atoms with E-state index in [9.17, 15) is 17.6 Å². The SMILES string of the molecule is O=C(Nc1ccccc1)N(CCNS(=O)(=O)c1ccc(Cl)cc1)c1ccc(F)cc1. The molecular formula is C21H19ClFN3O3S. The normalized spacial score (nSPS) is 11.1. The van der Waals surface area contributed by atoms with Gasteiger partial charge in [0.2, 0.25) is 10.0 Å². The van der Waals surface area contributed by atoms with Crippen molar-refractivity contribution in [3.63, 3.8) is 0 Å². The molecule has 0 aliphatic rings. The number of carbonyl (C=O) groups is 1. The van der Waals surface area contributed by atoms with Gasteiger partial charge in [-0.05, 0) is 60.7 Å². The van der Waals surface area contributed by atoms with Crippen LogP contribution in [0.4, 0.5) is 20.6 Å². The summed E-state index contributed by atoms with van der Waals surface area (Å²) in [5, 5.41) is 3.17. The van der Waals surface area contributed by atoms with E-state index in [1.165, 1.54) is 53.4 Å². The van der Waals surface area contributed by atoms with E-state index in [-0.39, 0.29) is 18.0 Å². The van der Waals surface area contributed by atoms with Gasteiger partial charge in [-0.3, -0.25) is 4.90 Å². The van der Waals surface area contributed by atoms with Crippen molar-refractivity contribution >= 4 is 39.0 Å². The minimum absolute atomic E-state index is 0.0249. The third-order valence-electron chi connectivity index (χ3n) is 4.16. The number of halogens is 2. The van der Waals surface area contributed by atoms with Gasteiger partial charge in [0.1, 0.15) is 5.82 Å². The van der Waals surface area contributed by atoms with Crippen LogP contribution >= 0.6 is 11.6 Å². The van der Waals surface area contributed by atoms with E-state index in [2.05, 4.69) is 10.0 Å². The number of nitrogens with zero attached hydrogens (tertiary/aromatic N) is 1. The van der Waals surface area contributed by atoms with Crippen molar-refractivity contribution in [2.45, 2.75) is 4.90 Å². The number of hydrogen-bond acceptors (Lipinski definition) is 3. The molecule has 0 saturated heterocycles. The molecule has 3 aromatic rings. The van der Waals surface area contributed by atoms with Gasteiger partial charge in [0.25, 0.3) is 0 Å². The number of sulfonamides is 1. The second-order valence-electron chi connectivity index (χ2n) is 6.28. The highest BCUT2D eigenvalue weighted by molar-refractivity contribution is 7.89. The summed E-state index contributed by atoms with van der Waals surface area (Å²) in [4.78, 5) is 14.2. The van der Waals surface area contributed by atoms with Crippen molar-refractivity contribution in [2.24, 2.45) is 0 Å². The zero-order valence-corrected chi connectivity index (χ0v) is 17.3. The Kier molecular flexibility index (Phi) is 7.04. The van der Waals surface area contributed by atoms with E-state index >= 15 is 0 Å². The molecule has 0 fully saturated rings. The van der Waals surface area contributed by atoms with Crippen LogP contribution < -0.4 is 14.9 Å². The summed E-state index contributed by atoms with van der Waals surface area (Å²) in [5.74, 6) is -0.439. The Balaban J connectivity index is 1.73. The minimum atomic E-state index is -3.77. The summed E-state index contributed by atoms with van der Waals surface area (Å²) >= 11 is 5.79. The highest BCUT2D eigenvalue weighted by Crippen LogP contribution is 2.17. The number of hydrogen-bond donors (Lipinski definition) is 2. The molecule has 6 nitrogen and oxygen atoms in total. The van der Waals surface area contributed by atoms with E-state index < -0.39 is 21.9 Å². The first-order valence-corrected chi connectivity index (χ1v) is 10.9. The molecule has 0 aliphatic heterocycles. The lowest BCUT2D eigenvalue weighted by Crippen LogP contribution is -2.41. The van der Waals surface area contributed by atoms with Crippen LogP contribution in [0.25, 0.3) is 0 Å². The smallest absolute Gasteiger partial charge is 0.308 e. The van der Waals surface area contributed by atoms with Gasteiger partial charge in [0.15, 0.2) is 0 Å². The summed E-state index contributed by atoms with van der Waals surface area (Å²) < 4.78 is 40.6. The number of rotatable bonds is 7. The number of benzene rings is 3. The molecule has 3 rings (SSSR count). The molecule has 9 heteroatoms. The molecule has 2 amide bonds. The molecule has 0 spiro atoms. The number of nitrogens with one attached hydrogen (secondary N) is 2. The predicted octanol–water partition coefficient (Wildman–Crippen LogP) is 4.50. The van der Waals surface area contributed by atoms with Crippen molar-refractivity contribution in [2.75, 3.05) is 23.3 Å². The maximum Gasteiger partial charge on any atom is 0.326 e. The zero-order chi connectivity index (χ0) is 21.6. The van der Waals surface area contributed by atoms with E-state index in [1.54, 1.807) is 24.3 Å². The van der Waals surface area contributed by atoms with Gasteiger partial charge in [-0.15, -0.1) is 0 Å². The van der Waals surface area contributed by atoms with Crippen LogP contribution in [0.5, 0.6) is 0 Å². The van der Waals surface area contributed by atoms with Crippen LogP contribution in [-0.4, -0.2) is 27.5 Å². The fraction of sp³-hybridized carbons (Fsp3) is 0.0952. The summed E-state index contributed by atoms with van der Waals surface area (Å²) in [6.07, 6.45) is 0. The van der Waals surface area contributed by atoms with Gasteiger partial charge in [-0.1, -0.05) is 29.8 Å². The molecule has 3 aromatic carbocycles. The summed E-state index contributed by atoms with van der Waals surface area (Å²) in [7, 11) is -3.77. The Morgan fingerprint density at radius 2 is 1.57 bits per heavy atom. The van der Waals surface area contributed by atoms with Crippen LogP contribution in [-0.2, 0) is 10.0 Å². The number of carbonyl (C=O) groups excluding carboxylic acids is 1. The molecule has 0 unspecified atom stereocenters. The van der Waals surface area contributed by atoms with E-state index in [0.717, 1.165) is 0 Å². The van der Waals surface area contributed by atoms with Crippen LogP contribution in [0.3, 0.4) is 0 Å². The fourth-order valence-electron chi connectivity index (χ4n) is 2.67. The molecule has 0 radical (unpaired) electrons. The first-order valence-electron chi connectivity index (χ1n) is 8.99. The van der Waals surface area contributed by atoms with Crippen molar-refractivity contribution < 1.29 is 17.6 Å². The Bertz CT molecular complexity index is 1090. The van der Waals surface area contributed by atoms with Crippen molar-refractivity contribution in [3.8, 4) is 0 Å². The second kappa shape index (κ2) is 9.71. The number of anilines is 2. The van der Waals surface area contributed by atoms with Gasteiger partial charge in [-0.25, -0.2) is 22.3 Å². The first kappa shape index (κ1) is 21.8. The third-order valence-corrected chi connectivity index (χ3v) is 5.89. The van der Waals surface area contributed by atoms with E-state index in [1.807, 2.05) is 6.07 Å². The second-order valence-corrected chi connectivity index (χ2v) is 8.48. The third kappa shape index (κ3) is 5.79. The molecule has 0 heterocycles. The number of urea groups is 1.